The Bertz CT molecular complexity index is 2530. The maximum atomic E-state index is 14.4. The van der Waals surface area contributed by atoms with Crippen LogP contribution < -0.4 is 9.97 Å². The molecule has 5 heterocycles. The molecule has 6 atom stereocenters. The van der Waals surface area contributed by atoms with Crippen LogP contribution in [0.25, 0.3) is 27.6 Å². The van der Waals surface area contributed by atoms with Gasteiger partial charge in [0.25, 0.3) is 0 Å². The van der Waals surface area contributed by atoms with Crippen LogP contribution in [0, 0.1) is 31.6 Å². The Hall–Kier alpha value is -4.35. The van der Waals surface area contributed by atoms with Gasteiger partial charge >= 0.3 is 35.0 Å². The van der Waals surface area contributed by atoms with Crippen molar-refractivity contribution < 1.29 is 28.7 Å². The molecule has 11 heteroatoms. The molecule has 0 fully saturated rings. The monoisotopic (exact) mass is 909 g/mol. The first-order valence-electron chi connectivity index (χ1n) is 24.2. The minimum absolute atomic E-state index is 0. The van der Waals surface area contributed by atoms with Crippen LogP contribution in [0.5, 0.6) is 0 Å². The summed E-state index contributed by atoms with van der Waals surface area (Å²) in [6.07, 6.45) is 15.7. The van der Waals surface area contributed by atoms with E-state index in [0.717, 1.165) is 41.5 Å². The predicted molar refractivity (Wildman–Crippen MR) is 265 cm³/mol. The van der Waals surface area contributed by atoms with E-state index in [4.69, 9.17) is 29.4 Å². The molecule has 1 aliphatic carbocycles. The van der Waals surface area contributed by atoms with E-state index in [1.165, 1.54) is 57.6 Å². The fourth-order valence-corrected chi connectivity index (χ4v) is 10.3. The molecule has 350 valence electrons. The maximum Gasteiger partial charge on any atom is 2.00 e. The number of methoxy groups -OCH3 is 1. The number of aromatic nitrogens is 4. The first-order valence-corrected chi connectivity index (χ1v) is 24.2. The van der Waals surface area contributed by atoms with Gasteiger partial charge in [-0.1, -0.05) is 127 Å². The molecule has 6 rings (SSSR count). The van der Waals surface area contributed by atoms with Crippen LogP contribution in [0.1, 0.15) is 217 Å². The van der Waals surface area contributed by atoms with Gasteiger partial charge < -0.3 is 19.4 Å². The van der Waals surface area contributed by atoms with Gasteiger partial charge in [-0.3, -0.25) is 29.1 Å². The van der Waals surface area contributed by atoms with Crippen molar-refractivity contribution in [2.45, 2.75) is 170 Å². The molecular weight excluding hydrogens is 837 g/mol. The summed E-state index contributed by atoms with van der Waals surface area (Å²) in [7, 11) is 1.28. The van der Waals surface area contributed by atoms with E-state index in [0.29, 0.717) is 73.7 Å². The first-order chi connectivity index (χ1) is 30.9. The van der Waals surface area contributed by atoms with Crippen molar-refractivity contribution >= 4 is 74.2 Å². The fraction of sp³-hybridized carbons (Fsp3) is 0.564. The van der Waals surface area contributed by atoms with Gasteiger partial charge in [-0.05, 0) is 88.8 Å². The third-order valence-electron chi connectivity index (χ3n) is 14.4. The summed E-state index contributed by atoms with van der Waals surface area (Å²) in [6.45, 7) is 23.0. The molecule has 2 aliphatic heterocycles. The van der Waals surface area contributed by atoms with Crippen LogP contribution in [-0.4, -0.2) is 70.2 Å². The zero-order chi connectivity index (χ0) is 47.3. The molecule has 66 heavy (non-hydrogen) atoms. The van der Waals surface area contributed by atoms with Crippen molar-refractivity contribution in [3.63, 3.8) is 0 Å². The zero-order valence-electron chi connectivity index (χ0n) is 41.9. The fourth-order valence-electron chi connectivity index (χ4n) is 10.3. The number of nitrogens with zero attached hydrogens (tertiary/aromatic N) is 4. The quantitative estimate of drug-likeness (QED) is 0.0375. The van der Waals surface area contributed by atoms with E-state index in [1.54, 1.807) is 6.92 Å². The standard InChI is InChI=1S/C55H73N4O6.Mg/c1-13-39-34(7)41-29-46-48(38(11)60)36(9)43(57-46)27-42-35(8)40(52(58-42)50-51(55(63)64-12)54(62)49-37(10)44(59-53(49)50)28-45(39)56-41)23-24-47(61)65-26-25-33(6)22-16-21-32(5)20-15-19-31(4)18-14-17-30(2)3;/h13,25,27-32,34-35,40,51H,14-24,26H2,1-12H3,(H-,56,57,58,59,60,62);/q-1;+2/p-1/b33-25+,39-13+;. The second kappa shape index (κ2) is 23.1. The molecule has 8 bridgehead atoms. The number of fused-ring (bicyclic) bond motifs is 8. The molecule has 3 aliphatic rings. The van der Waals surface area contributed by atoms with Crippen molar-refractivity contribution in [1.82, 2.24) is 19.9 Å². The van der Waals surface area contributed by atoms with E-state index < -0.39 is 11.9 Å². The van der Waals surface area contributed by atoms with E-state index >= 15 is 0 Å². The number of ketones is 2. The Morgan fingerprint density at radius 3 is 2.09 bits per heavy atom. The van der Waals surface area contributed by atoms with Gasteiger partial charge in [0.2, 0.25) is 0 Å². The largest absolute Gasteiger partial charge is 2.00 e. The number of Topliss-reactive ketones (excluding diaryl/α,β-unsaturated/α-hetero) is 2. The van der Waals surface area contributed by atoms with Crippen molar-refractivity contribution in [2.75, 3.05) is 13.7 Å². The van der Waals surface area contributed by atoms with Gasteiger partial charge in [0.15, 0.2) is 11.6 Å². The van der Waals surface area contributed by atoms with Gasteiger partial charge in [-0.2, -0.15) is 0 Å². The summed E-state index contributed by atoms with van der Waals surface area (Å²) in [5, 5.41) is 0. The van der Waals surface area contributed by atoms with Crippen LogP contribution in [0.2, 0.25) is 0 Å². The number of esters is 2. The van der Waals surface area contributed by atoms with Crippen LogP contribution >= 0.6 is 0 Å². The summed E-state index contributed by atoms with van der Waals surface area (Å²) in [5.74, 6) is -1.17. The van der Waals surface area contributed by atoms with Crippen LogP contribution in [-0.2, 0) is 19.1 Å². The number of hydrogen-bond donors (Lipinski definition) is 0. The molecular formula is C55H72MgN4O6. The Labute approximate surface area is 409 Å². The third kappa shape index (κ3) is 11.7. The normalized spacial score (nSPS) is 19.6. The third-order valence-corrected chi connectivity index (χ3v) is 14.4. The van der Waals surface area contributed by atoms with Crippen molar-refractivity contribution in [3.05, 3.63) is 86.5 Å². The number of allylic oxidation sites excluding steroid dienone is 3. The maximum absolute atomic E-state index is 14.4. The van der Waals surface area contributed by atoms with Gasteiger partial charge in [-0.25, -0.2) is 0 Å². The SMILES string of the molecule is C/C=C1/c2cc3[n-]c4c(c3C)C(=O)C(C(=O)OC)c4c3nc(cc4[n-]c(cc(n2)C1C)c(C(C)=O)c4C)C(C)C3CCC(=O)OC/C=C(\C)CCCC(C)CCCC(C)CCCC(C)C.[Mg+2]. The van der Waals surface area contributed by atoms with Crippen LogP contribution in [0.15, 0.2) is 35.9 Å². The molecule has 3 aromatic heterocycles. The Morgan fingerprint density at radius 1 is 0.818 bits per heavy atom. The minimum atomic E-state index is -1.26. The number of carbonyl (C=O) groups excluding carboxylic acids is 4. The Kier molecular flexibility index (Phi) is 18.4. The number of rotatable bonds is 19. The van der Waals surface area contributed by atoms with E-state index in [9.17, 15) is 19.2 Å². The molecule has 10 nitrogen and oxygen atoms in total. The summed E-state index contributed by atoms with van der Waals surface area (Å²) in [6, 6.07) is 5.67. The first kappa shape index (κ1) is 52.6. The van der Waals surface area contributed by atoms with Gasteiger partial charge in [0, 0.05) is 52.4 Å². The smallest absolute Gasteiger partial charge is 0.657 e. The Balaban J connectivity index is 0.00000817. The second-order valence-corrected chi connectivity index (χ2v) is 19.8. The summed E-state index contributed by atoms with van der Waals surface area (Å²) < 4.78 is 11.0. The van der Waals surface area contributed by atoms with Crippen LogP contribution in [0.3, 0.4) is 0 Å². The van der Waals surface area contributed by atoms with Gasteiger partial charge in [0.1, 0.15) is 12.5 Å². The van der Waals surface area contributed by atoms with Crippen LogP contribution in [0.4, 0.5) is 0 Å². The molecule has 0 radical (unpaired) electrons. The van der Waals surface area contributed by atoms with E-state index in [2.05, 4.69) is 41.5 Å². The molecule has 6 unspecified atom stereocenters. The molecule has 0 amide bonds. The summed E-state index contributed by atoms with van der Waals surface area (Å²) >= 11 is 0. The molecule has 0 aromatic carbocycles. The molecule has 0 saturated heterocycles. The van der Waals surface area contributed by atoms with E-state index in [-0.39, 0.29) is 71.4 Å². The molecule has 0 spiro atoms. The Morgan fingerprint density at radius 2 is 1.45 bits per heavy atom. The summed E-state index contributed by atoms with van der Waals surface area (Å²) in [4.78, 5) is 74.8. The predicted octanol–water partition coefficient (Wildman–Crippen LogP) is 12.3. The molecule has 0 saturated carbocycles. The summed E-state index contributed by atoms with van der Waals surface area (Å²) in [5.41, 5.74) is 9.66. The average molecular weight is 910 g/mol. The minimum Gasteiger partial charge on any atom is -0.657 e. The topological polar surface area (TPSA) is 141 Å². The number of hydrogen-bond acceptors (Lipinski definition) is 8. The van der Waals surface area contributed by atoms with Crippen molar-refractivity contribution in [2.24, 2.45) is 17.8 Å². The second-order valence-electron chi connectivity index (χ2n) is 19.8. The molecule has 3 aromatic rings. The number of carbonyl (C=O) groups is 4. The average Bonchev–Trinajstić information content (AvgIpc) is 4.00. The van der Waals surface area contributed by atoms with E-state index in [1.807, 2.05) is 58.0 Å². The number of aryl methyl sites for hydroxylation is 2. The number of ether oxygens (including phenoxy) is 2. The van der Waals surface area contributed by atoms with Gasteiger partial charge in [0.05, 0.1) is 12.8 Å². The molecule has 0 N–H and O–H groups in total. The zero-order valence-corrected chi connectivity index (χ0v) is 43.3. The van der Waals surface area contributed by atoms with Crippen molar-refractivity contribution in [1.29, 1.82) is 0 Å². The van der Waals surface area contributed by atoms with Gasteiger partial charge in [-0.15, -0.1) is 22.1 Å². The van der Waals surface area contributed by atoms with Crippen molar-refractivity contribution in [3.8, 4) is 0 Å².